The summed E-state index contributed by atoms with van der Waals surface area (Å²) < 4.78 is 35.9. The molecule has 0 aliphatic carbocycles. The predicted molar refractivity (Wildman–Crippen MR) is 185 cm³/mol. The Morgan fingerprint density at radius 3 is 2.24 bits per heavy atom. The number of allylic oxidation sites excluding steroid dienone is 1. The van der Waals surface area contributed by atoms with Gasteiger partial charge in [0.2, 0.25) is 5.91 Å². The Morgan fingerprint density at radius 1 is 1.04 bits per heavy atom. The summed E-state index contributed by atoms with van der Waals surface area (Å²) in [5.74, 6) is 0.550. The molecule has 0 radical (unpaired) electrons. The van der Waals surface area contributed by atoms with Crippen molar-refractivity contribution in [2.24, 2.45) is 5.92 Å². The van der Waals surface area contributed by atoms with Crippen LogP contribution in [0.4, 0.5) is 4.39 Å². The van der Waals surface area contributed by atoms with Gasteiger partial charge in [-0.1, -0.05) is 75.7 Å². The molecule has 0 saturated carbocycles. The lowest BCUT2D eigenvalue weighted by molar-refractivity contribution is -0.168. The number of amides is 1. The average Bonchev–Trinajstić information content (AvgIpc) is 3.56. The van der Waals surface area contributed by atoms with Crippen LogP contribution in [0.25, 0.3) is 0 Å². The zero-order valence-corrected chi connectivity index (χ0v) is 29.5. The lowest BCUT2D eigenvalue weighted by Gasteiger charge is -2.30. The predicted octanol–water partition coefficient (Wildman–Crippen LogP) is 6.08. The molecule has 2 rings (SSSR count). The molecule has 1 saturated heterocycles. The van der Waals surface area contributed by atoms with Gasteiger partial charge in [0, 0.05) is 25.7 Å². The largest absolute Gasteiger partial charge is 0.481 e. The summed E-state index contributed by atoms with van der Waals surface area (Å²) in [4.78, 5) is 38.3. The number of carbonyl (C=O) groups excluding carboxylic acids is 2. The Morgan fingerprint density at radius 2 is 1.67 bits per heavy atom. The van der Waals surface area contributed by atoms with E-state index in [4.69, 9.17) is 18.9 Å². The monoisotopic (exact) mass is 689 g/mol. The zero-order chi connectivity index (χ0) is 36.0. The first-order valence-corrected chi connectivity index (χ1v) is 17.6. The number of carboxylic acid groups (broad SMARTS) is 1. The molecule has 0 spiro atoms. The first-order valence-electron chi connectivity index (χ1n) is 17.6. The number of hydrogen-bond donors (Lipinski definition) is 3. The highest BCUT2D eigenvalue weighted by Gasteiger charge is 2.47. The molecule has 0 aromatic heterocycles. The van der Waals surface area contributed by atoms with Gasteiger partial charge in [0.15, 0.2) is 11.4 Å². The SMILES string of the molecule is CC#CCOc1ccc(C[C@H](NC(=O)[C@@H](C=CCCCCCCC2(CCCCCCC)OCCO2)[C@@](O)(CCF)C(=O)O)C(=O)OC)cc1. The third-order valence-electron chi connectivity index (χ3n) is 8.78. The highest BCUT2D eigenvalue weighted by atomic mass is 19.1. The lowest BCUT2D eigenvalue weighted by Crippen LogP contribution is -2.55. The molecule has 3 atom stereocenters. The minimum Gasteiger partial charge on any atom is -0.481 e. The molecule has 1 aromatic carbocycles. The molecule has 0 bridgehead atoms. The number of nitrogens with one attached hydrogen (secondary N) is 1. The van der Waals surface area contributed by atoms with Crippen molar-refractivity contribution in [3.8, 4) is 17.6 Å². The molecule has 11 heteroatoms. The van der Waals surface area contributed by atoms with Crippen molar-refractivity contribution >= 4 is 17.8 Å². The summed E-state index contributed by atoms with van der Waals surface area (Å²) in [5.41, 5.74) is -2.05. The summed E-state index contributed by atoms with van der Waals surface area (Å²) in [6.07, 6.45) is 13.9. The van der Waals surface area contributed by atoms with Crippen LogP contribution in [0.3, 0.4) is 0 Å². The molecule has 10 nitrogen and oxygen atoms in total. The summed E-state index contributed by atoms with van der Waals surface area (Å²) in [6.45, 7) is 4.22. The fraction of sp³-hybridized carbons (Fsp3) is 0.658. The van der Waals surface area contributed by atoms with Crippen LogP contribution in [0.15, 0.2) is 36.4 Å². The van der Waals surface area contributed by atoms with Gasteiger partial charge in [-0.05, 0) is 50.3 Å². The second kappa shape index (κ2) is 23.0. The number of unbranched alkanes of at least 4 members (excludes halogenated alkanes) is 8. The van der Waals surface area contributed by atoms with E-state index in [9.17, 15) is 29.0 Å². The second-order valence-corrected chi connectivity index (χ2v) is 12.4. The van der Waals surface area contributed by atoms with Gasteiger partial charge in [0.25, 0.3) is 0 Å². The topological polar surface area (TPSA) is 141 Å². The molecule has 1 aliphatic heterocycles. The maximum Gasteiger partial charge on any atom is 0.336 e. The first kappa shape index (κ1) is 41.7. The summed E-state index contributed by atoms with van der Waals surface area (Å²) in [7, 11) is 1.17. The number of esters is 1. The number of carbonyl (C=O) groups is 3. The second-order valence-electron chi connectivity index (χ2n) is 12.4. The Balaban J connectivity index is 2.00. The number of benzene rings is 1. The van der Waals surface area contributed by atoms with Crippen molar-refractivity contribution in [3.05, 3.63) is 42.0 Å². The highest BCUT2D eigenvalue weighted by molar-refractivity contribution is 5.92. The first-order chi connectivity index (χ1) is 23.6. The highest BCUT2D eigenvalue weighted by Crippen LogP contribution is 2.32. The van der Waals surface area contributed by atoms with E-state index >= 15 is 0 Å². The van der Waals surface area contributed by atoms with Gasteiger partial charge in [-0.15, -0.1) is 5.92 Å². The molecule has 1 fully saturated rings. The third kappa shape index (κ3) is 14.5. The molecule has 1 amide bonds. The van der Waals surface area contributed by atoms with Crippen molar-refractivity contribution in [2.75, 3.05) is 33.6 Å². The van der Waals surface area contributed by atoms with Crippen LogP contribution in [-0.4, -0.2) is 79.1 Å². The fourth-order valence-corrected chi connectivity index (χ4v) is 5.90. The molecule has 0 unspecified atom stereocenters. The van der Waals surface area contributed by atoms with Gasteiger partial charge in [-0.2, -0.15) is 0 Å². The van der Waals surface area contributed by atoms with Crippen molar-refractivity contribution in [1.29, 1.82) is 0 Å². The van der Waals surface area contributed by atoms with E-state index in [1.54, 1.807) is 37.3 Å². The van der Waals surface area contributed by atoms with E-state index in [0.717, 1.165) is 44.9 Å². The maximum atomic E-state index is 13.5. The van der Waals surface area contributed by atoms with Crippen LogP contribution in [0.1, 0.15) is 103 Å². The Bertz CT molecular complexity index is 1220. The Labute approximate surface area is 291 Å². The minimum atomic E-state index is -2.72. The van der Waals surface area contributed by atoms with Gasteiger partial charge >= 0.3 is 11.9 Å². The quantitative estimate of drug-likeness (QED) is 0.0482. The fourth-order valence-electron chi connectivity index (χ4n) is 5.90. The molecule has 49 heavy (non-hydrogen) atoms. The molecular weight excluding hydrogens is 633 g/mol. The molecule has 3 N–H and O–H groups in total. The van der Waals surface area contributed by atoms with Crippen molar-refractivity contribution in [1.82, 2.24) is 5.32 Å². The minimum absolute atomic E-state index is 0.0225. The molecule has 1 aliphatic rings. The van der Waals surface area contributed by atoms with Gasteiger partial charge in [0.05, 0.1) is 32.9 Å². The van der Waals surface area contributed by atoms with E-state index in [1.165, 1.54) is 38.9 Å². The number of ether oxygens (including phenoxy) is 4. The lowest BCUT2D eigenvalue weighted by atomic mass is 9.83. The normalized spacial score (nSPS) is 16.3. The average molecular weight is 690 g/mol. The Hall–Kier alpha value is -3.46. The summed E-state index contributed by atoms with van der Waals surface area (Å²) in [5, 5.41) is 23.4. The van der Waals surface area contributed by atoms with Crippen LogP contribution in [-0.2, 0) is 35.0 Å². The molecular formula is C38H56FNO9. The molecule has 1 aromatic rings. The number of aliphatic hydroxyl groups is 1. The van der Waals surface area contributed by atoms with Gasteiger partial charge in [0.1, 0.15) is 18.4 Å². The van der Waals surface area contributed by atoms with Gasteiger partial charge < -0.3 is 34.5 Å². The number of halogens is 1. The molecule has 1 heterocycles. The van der Waals surface area contributed by atoms with Crippen LogP contribution >= 0.6 is 0 Å². The smallest absolute Gasteiger partial charge is 0.336 e. The number of methoxy groups -OCH3 is 1. The van der Waals surface area contributed by atoms with Gasteiger partial charge in [-0.25, -0.2) is 9.59 Å². The maximum absolute atomic E-state index is 13.5. The number of alkyl halides is 1. The van der Waals surface area contributed by atoms with Crippen LogP contribution < -0.4 is 10.1 Å². The molecule has 274 valence electrons. The van der Waals surface area contributed by atoms with E-state index in [1.807, 2.05) is 0 Å². The number of aliphatic carboxylic acids is 1. The van der Waals surface area contributed by atoms with Crippen LogP contribution in [0.5, 0.6) is 5.75 Å². The van der Waals surface area contributed by atoms with Crippen LogP contribution in [0.2, 0.25) is 0 Å². The number of carboxylic acids is 1. The van der Waals surface area contributed by atoms with Crippen molar-refractivity contribution in [2.45, 2.75) is 121 Å². The number of hydrogen-bond acceptors (Lipinski definition) is 8. The van der Waals surface area contributed by atoms with E-state index in [-0.39, 0.29) is 13.0 Å². The van der Waals surface area contributed by atoms with Crippen molar-refractivity contribution < 1.29 is 47.9 Å². The Kier molecular flexibility index (Phi) is 19.6. The van der Waals surface area contributed by atoms with E-state index in [0.29, 0.717) is 30.9 Å². The van der Waals surface area contributed by atoms with Gasteiger partial charge in [-0.3, -0.25) is 9.18 Å². The third-order valence-corrected chi connectivity index (χ3v) is 8.78. The standard InChI is InChI=1S/C38H56FNO9/c1-4-6-8-12-15-22-37(48-27-28-49-37)23-16-13-10-9-11-14-17-32(38(45,24-25-39)36(43)44)34(41)40-33(35(42)46-3)29-30-18-20-31(21-19-30)47-26-7-5-2/h14,17-21,32-33,45H,4,6,8-13,15-16,22-29H2,1-3H3,(H,40,41)(H,43,44)/t32-,33+,38+/m1/s1. The summed E-state index contributed by atoms with van der Waals surface area (Å²) in [6, 6.07) is 5.63. The van der Waals surface area contributed by atoms with E-state index < -0.39 is 54.3 Å². The van der Waals surface area contributed by atoms with Crippen LogP contribution in [0, 0.1) is 17.8 Å². The number of rotatable bonds is 25. The zero-order valence-electron chi connectivity index (χ0n) is 29.5. The van der Waals surface area contributed by atoms with E-state index in [2.05, 4.69) is 24.1 Å². The summed E-state index contributed by atoms with van der Waals surface area (Å²) >= 11 is 0. The van der Waals surface area contributed by atoms with Crippen molar-refractivity contribution in [3.63, 3.8) is 0 Å².